The van der Waals surface area contributed by atoms with Crippen molar-refractivity contribution in [3.8, 4) is 0 Å². The minimum atomic E-state index is -3.68. The second kappa shape index (κ2) is 6.09. The monoisotopic (exact) mass is 364 g/mol. The van der Waals surface area contributed by atoms with Gasteiger partial charge in [-0.15, -0.1) is 0 Å². The quantitative estimate of drug-likeness (QED) is 0.861. The standard InChI is InChI=1S/C13H18BrFN2O2S/c1-13(5-2-6-16-8-13)9-17-20(18,19)10-3-4-11(14)12(15)7-10/h3-4,7,16-17H,2,5-6,8-9H2,1H3. The van der Waals surface area contributed by atoms with Gasteiger partial charge in [0.2, 0.25) is 10.0 Å². The fraction of sp³-hybridized carbons (Fsp3) is 0.538. The van der Waals surface area contributed by atoms with Gasteiger partial charge in [0.05, 0.1) is 9.37 Å². The number of halogens is 2. The van der Waals surface area contributed by atoms with Gasteiger partial charge in [0.25, 0.3) is 0 Å². The Balaban J connectivity index is 2.09. The molecule has 0 bridgehead atoms. The Morgan fingerprint density at radius 3 is 2.85 bits per heavy atom. The maximum atomic E-state index is 13.4. The van der Waals surface area contributed by atoms with E-state index in [0.717, 1.165) is 32.0 Å². The molecule has 1 heterocycles. The summed E-state index contributed by atoms with van der Waals surface area (Å²) >= 11 is 3.01. The molecule has 1 aromatic carbocycles. The third-order valence-electron chi connectivity index (χ3n) is 3.58. The molecule has 4 nitrogen and oxygen atoms in total. The lowest BCUT2D eigenvalue weighted by Crippen LogP contribution is -2.45. The first-order chi connectivity index (χ1) is 9.32. The van der Waals surface area contributed by atoms with Crippen molar-refractivity contribution in [3.05, 3.63) is 28.5 Å². The van der Waals surface area contributed by atoms with E-state index in [4.69, 9.17) is 0 Å². The van der Waals surface area contributed by atoms with Crippen molar-refractivity contribution in [2.24, 2.45) is 5.41 Å². The predicted molar refractivity (Wildman–Crippen MR) is 79.5 cm³/mol. The normalized spacial score (nSPS) is 23.8. The van der Waals surface area contributed by atoms with Crippen molar-refractivity contribution in [1.29, 1.82) is 0 Å². The van der Waals surface area contributed by atoms with Crippen LogP contribution in [-0.2, 0) is 10.0 Å². The Bertz CT molecular complexity index is 586. The highest BCUT2D eigenvalue weighted by atomic mass is 79.9. The zero-order valence-corrected chi connectivity index (χ0v) is 13.7. The van der Waals surface area contributed by atoms with E-state index < -0.39 is 15.8 Å². The molecule has 20 heavy (non-hydrogen) atoms. The summed E-state index contributed by atoms with van der Waals surface area (Å²) in [4.78, 5) is -0.0504. The third-order valence-corrected chi connectivity index (χ3v) is 5.62. The Kier molecular flexibility index (Phi) is 4.84. The van der Waals surface area contributed by atoms with Crippen LogP contribution in [0.1, 0.15) is 19.8 Å². The van der Waals surface area contributed by atoms with Crippen molar-refractivity contribution >= 4 is 26.0 Å². The van der Waals surface area contributed by atoms with Crippen molar-refractivity contribution in [2.75, 3.05) is 19.6 Å². The van der Waals surface area contributed by atoms with Crippen molar-refractivity contribution < 1.29 is 12.8 Å². The van der Waals surface area contributed by atoms with Crippen molar-refractivity contribution in [1.82, 2.24) is 10.0 Å². The summed E-state index contributed by atoms with van der Waals surface area (Å²) in [5.74, 6) is -0.585. The first-order valence-corrected chi connectivity index (χ1v) is 8.76. The maximum Gasteiger partial charge on any atom is 0.240 e. The van der Waals surface area contributed by atoms with Crippen LogP contribution in [0, 0.1) is 11.2 Å². The number of hydrogen-bond acceptors (Lipinski definition) is 3. The Morgan fingerprint density at radius 1 is 1.50 bits per heavy atom. The number of piperidine rings is 1. The molecule has 0 spiro atoms. The average Bonchev–Trinajstić information content (AvgIpc) is 2.41. The summed E-state index contributed by atoms with van der Waals surface area (Å²) in [5.41, 5.74) is -0.0980. The molecule has 0 aromatic heterocycles. The molecule has 0 radical (unpaired) electrons. The molecule has 0 amide bonds. The van der Waals surface area contributed by atoms with Gasteiger partial charge in [0.15, 0.2) is 0 Å². The average molecular weight is 365 g/mol. The summed E-state index contributed by atoms with van der Waals surface area (Å²) in [6.07, 6.45) is 2.00. The number of benzene rings is 1. The van der Waals surface area contributed by atoms with E-state index in [-0.39, 0.29) is 14.8 Å². The van der Waals surface area contributed by atoms with E-state index in [1.165, 1.54) is 12.1 Å². The van der Waals surface area contributed by atoms with Gasteiger partial charge in [-0.05, 0) is 58.9 Å². The van der Waals surface area contributed by atoms with Gasteiger partial charge in [-0.1, -0.05) is 6.92 Å². The van der Waals surface area contributed by atoms with Crippen LogP contribution < -0.4 is 10.0 Å². The van der Waals surface area contributed by atoms with Gasteiger partial charge in [0, 0.05) is 13.1 Å². The van der Waals surface area contributed by atoms with E-state index in [2.05, 4.69) is 26.0 Å². The van der Waals surface area contributed by atoms with E-state index in [1.807, 2.05) is 6.92 Å². The highest BCUT2D eigenvalue weighted by Crippen LogP contribution is 2.25. The molecule has 0 aliphatic carbocycles. The first kappa shape index (κ1) is 15.9. The van der Waals surface area contributed by atoms with Gasteiger partial charge in [-0.3, -0.25) is 0 Å². The summed E-state index contributed by atoms with van der Waals surface area (Å²) < 4.78 is 40.6. The van der Waals surface area contributed by atoms with Gasteiger partial charge < -0.3 is 5.32 Å². The fourth-order valence-electron chi connectivity index (χ4n) is 2.27. The van der Waals surface area contributed by atoms with Gasteiger partial charge in [-0.25, -0.2) is 17.5 Å². The molecule has 2 N–H and O–H groups in total. The molecule has 1 aliphatic heterocycles. The number of hydrogen-bond donors (Lipinski definition) is 2. The van der Waals surface area contributed by atoms with Gasteiger partial charge in [-0.2, -0.15) is 0 Å². The zero-order chi connectivity index (χ0) is 14.8. The highest BCUT2D eigenvalue weighted by Gasteiger charge is 2.28. The van der Waals surface area contributed by atoms with E-state index in [1.54, 1.807) is 0 Å². The van der Waals surface area contributed by atoms with Crippen LogP contribution in [0.15, 0.2) is 27.6 Å². The minimum absolute atomic E-state index is 0.0504. The van der Waals surface area contributed by atoms with Crippen LogP contribution in [0.3, 0.4) is 0 Å². The van der Waals surface area contributed by atoms with E-state index >= 15 is 0 Å². The van der Waals surface area contributed by atoms with Crippen LogP contribution in [0.25, 0.3) is 0 Å². The summed E-state index contributed by atoms with van der Waals surface area (Å²) in [5, 5.41) is 3.27. The van der Waals surface area contributed by atoms with Crippen LogP contribution in [0.4, 0.5) is 4.39 Å². The molecule has 7 heteroatoms. The number of rotatable bonds is 4. The lowest BCUT2D eigenvalue weighted by molar-refractivity contribution is 0.238. The summed E-state index contributed by atoms with van der Waals surface area (Å²) in [7, 11) is -3.68. The van der Waals surface area contributed by atoms with Gasteiger partial charge in [0.1, 0.15) is 5.82 Å². The molecular weight excluding hydrogens is 347 g/mol. The molecule has 112 valence electrons. The Labute approximate surface area is 127 Å². The summed E-state index contributed by atoms with van der Waals surface area (Å²) in [6, 6.07) is 3.80. The lowest BCUT2D eigenvalue weighted by Gasteiger charge is -2.34. The number of sulfonamides is 1. The van der Waals surface area contributed by atoms with Crippen LogP contribution >= 0.6 is 15.9 Å². The fourth-order valence-corrected chi connectivity index (χ4v) is 3.72. The van der Waals surface area contributed by atoms with Crippen molar-refractivity contribution in [2.45, 2.75) is 24.7 Å². The molecule has 1 saturated heterocycles. The smallest absolute Gasteiger partial charge is 0.240 e. The minimum Gasteiger partial charge on any atom is -0.316 e. The van der Waals surface area contributed by atoms with Gasteiger partial charge >= 0.3 is 0 Å². The molecule has 2 rings (SSSR count). The second-order valence-electron chi connectivity index (χ2n) is 5.49. The zero-order valence-electron chi connectivity index (χ0n) is 11.2. The Hall–Kier alpha value is -0.500. The predicted octanol–water partition coefficient (Wildman–Crippen LogP) is 2.26. The molecule has 1 unspecified atom stereocenters. The summed E-state index contributed by atoms with van der Waals surface area (Å²) in [6.45, 7) is 4.15. The van der Waals surface area contributed by atoms with E-state index in [0.29, 0.717) is 6.54 Å². The second-order valence-corrected chi connectivity index (χ2v) is 8.11. The lowest BCUT2D eigenvalue weighted by atomic mass is 9.83. The molecule has 1 fully saturated rings. The third kappa shape index (κ3) is 3.78. The molecule has 1 aliphatic rings. The first-order valence-electron chi connectivity index (χ1n) is 6.48. The topological polar surface area (TPSA) is 58.2 Å². The largest absolute Gasteiger partial charge is 0.316 e. The molecular formula is C13H18BrFN2O2S. The molecule has 0 saturated carbocycles. The van der Waals surface area contributed by atoms with Crippen LogP contribution in [0.2, 0.25) is 0 Å². The van der Waals surface area contributed by atoms with Crippen LogP contribution in [-0.4, -0.2) is 28.1 Å². The molecule has 1 aromatic rings. The Morgan fingerprint density at radius 2 is 2.25 bits per heavy atom. The highest BCUT2D eigenvalue weighted by molar-refractivity contribution is 9.10. The van der Waals surface area contributed by atoms with Crippen molar-refractivity contribution in [3.63, 3.8) is 0 Å². The maximum absolute atomic E-state index is 13.4. The van der Waals surface area contributed by atoms with E-state index in [9.17, 15) is 12.8 Å². The molecule has 1 atom stereocenters. The van der Waals surface area contributed by atoms with Crippen LogP contribution in [0.5, 0.6) is 0 Å². The SMILES string of the molecule is CC1(CNS(=O)(=O)c2ccc(Br)c(F)c2)CCCNC1. The number of nitrogens with one attached hydrogen (secondary N) is 2.